The predicted molar refractivity (Wildman–Crippen MR) is 77.7 cm³/mol. The van der Waals surface area contributed by atoms with Gasteiger partial charge in [-0.05, 0) is 57.5 Å². The highest BCUT2D eigenvalue weighted by Gasteiger charge is 2.19. The Balaban J connectivity index is 2.26. The van der Waals surface area contributed by atoms with E-state index in [2.05, 4.69) is 18.7 Å². The standard InChI is InChI=1S/C15H32N2O/c1-4-18-15(12-16)8-11-17-9-5-6-14(7-10-17)13(2)3/h13-15H,4-12,16H2,1-3H3. The molecule has 1 saturated heterocycles. The molecule has 3 heteroatoms. The highest BCUT2D eigenvalue weighted by Crippen LogP contribution is 2.24. The summed E-state index contributed by atoms with van der Waals surface area (Å²) in [4.78, 5) is 2.60. The molecule has 18 heavy (non-hydrogen) atoms. The second kappa shape index (κ2) is 8.89. The first-order chi connectivity index (χ1) is 8.67. The number of nitrogens with two attached hydrogens (primary N) is 1. The molecule has 2 atom stereocenters. The third kappa shape index (κ3) is 5.68. The van der Waals surface area contributed by atoms with Crippen LogP contribution in [0.3, 0.4) is 0 Å². The van der Waals surface area contributed by atoms with Gasteiger partial charge in [0.05, 0.1) is 6.10 Å². The van der Waals surface area contributed by atoms with Gasteiger partial charge in [-0.25, -0.2) is 0 Å². The zero-order valence-corrected chi connectivity index (χ0v) is 12.5. The molecule has 0 aromatic carbocycles. The van der Waals surface area contributed by atoms with Gasteiger partial charge in [-0.2, -0.15) is 0 Å². The van der Waals surface area contributed by atoms with Crippen molar-refractivity contribution in [2.24, 2.45) is 17.6 Å². The van der Waals surface area contributed by atoms with Gasteiger partial charge in [-0.1, -0.05) is 13.8 Å². The van der Waals surface area contributed by atoms with Crippen LogP contribution < -0.4 is 5.73 Å². The smallest absolute Gasteiger partial charge is 0.0709 e. The van der Waals surface area contributed by atoms with Gasteiger partial charge >= 0.3 is 0 Å². The Labute approximate surface area is 113 Å². The fourth-order valence-electron chi connectivity index (χ4n) is 2.90. The molecule has 0 aromatic rings. The van der Waals surface area contributed by atoms with Gasteiger partial charge in [0.15, 0.2) is 0 Å². The number of hydrogen-bond donors (Lipinski definition) is 1. The van der Waals surface area contributed by atoms with Gasteiger partial charge in [0.2, 0.25) is 0 Å². The van der Waals surface area contributed by atoms with Gasteiger partial charge in [0, 0.05) is 19.7 Å². The molecule has 2 N–H and O–H groups in total. The van der Waals surface area contributed by atoms with E-state index in [4.69, 9.17) is 10.5 Å². The lowest BCUT2D eigenvalue weighted by Crippen LogP contribution is -2.32. The van der Waals surface area contributed by atoms with Crippen molar-refractivity contribution in [3.8, 4) is 0 Å². The summed E-state index contributed by atoms with van der Waals surface area (Å²) < 4.78 is 5.62. The van der Waals surface area contributed by atoms with Crippen LogP contribution in [-0.4, -0.2) is 43.8 Å². The van der Waals surface area contributed by atoms with E-state index in [9.17, 15) is 0 Å². The van der Waals surface area contributed by atoms with E-state index >= 15 is 0 Å². The van der Waals surface area contributed by atoms with Crippen molar-refractivity contribution in [2.75, 3.05) is 32.8 Å². The Hall–Kier alpha value is -0.120. The molecule has 2 unspecified atom stereocenters. The van der Waals surface area contributed by atoms with E-state index in [0.29, 0.717) is 6.54 Å². The lowest BCUT2D eigenvalue weighted by molar-refractivity contribution is 0.0545. The van der Waals surface area contributed by atoms with Crippen LogP contribution in [0.1, 0.15) is 46.5 Å². The Bertz CT molecular complexity index is 209. The molecule has 0 saturated carbocycles. The van der Waals surface area contributed by atoms with Crippen molar-refractivity contribution in [3.05, 3.63) is 0 Å². The highest BCUT2D eigenvalue weighted by atomic mass is 16.5. The van der Waals surface area contributed by atoms with E-state index in [0.717, 1.165) is 31.4 Å². The van der Waals surface area contributed by atoms with Crippen LogP contribution in [0.2, 0.25) is 0 Å². The van der Waals surface area contributed by atoms with Gasteiger partial charge in [0.25, 0.3) is 0 Å². The van der Waals surface area contributed by atoms with Crippen molar-refractivity contribution in [3.63, 3.8) is 0 Å². The van der Waals surface area contributed by atoms with Gasteiger partial charge in [-0.3, -0.25) is 0 Å². The van der Waals surface area contributed by atoms with E-state index < -0.39 is 0 Å². The first kappa shape index (κ1) is 15.9. The Kier molecular flexibility index (Phi) is 7.87. The topological polar surface area (TPSA) is 38.5 Å². The summed E-state index contributed by atoms with van der Waals surface area (Å²) in [7, 11) is 0. The maximum absolute atomic E-state index is 5.72. The van der Waals surface area contributed by atoms with E-state index in [-0.39, 0.29) is 6.10 Å². The van der Waals surface area contributed by atoms with Crippen molar-refractivity contribution in [1.82, 2.24) is 4.90 Å². The Morgan fingerprint density at radius 3 is 2.67 bits per heavy atom. The summed E-state index contributed by atoms with van der Waals surface area (Å²) in [6.07, 6.45) is 5.44. The van der Waals surface area contributed by atoms with E-state index in [1.165, 1.54) is 32.4 Å². The third-order valence-corrected chi connectivity index (χ3v) is 4.24. The van der Waals surface area contributed by atoms with E-state index in [1.807, 2.05) is 6.92 Å². The second-order valence-electron chi connectivity index (χ2n) is 5.88. The predicted octanol–water partition coefficient (Wildman–Crippen LogP) is 2.50. The number of hydrogen-bond acceptors (Lipinski definition) is 3. The van der Waals surface area contributed by atoms with Gasteiger partial charge in [-0.15, -0.1) is 0 Å². The van der Waals surface area contributed by atoms with Crippen LogP contribution >= 0.6 is 0 Å². The molecule has 0 radical (unpaired) electrons. The van der Waals surface area contributed by atoms with E-state index in [1.54, 1.807) is 0 Å². The Morgan fingerprint density at radius 1 is 1.28 bits per heavy atom. The molecule has 3 nitrogen and oxygen atoms in total. The summed E-state index contributed by atoms with van der Waals surface area (Å²) in [5.41, 5.74) is 5.72. The van der Waals surface area contributed by atoms with Crippen molar-refractivity contribution < 1.29 is 4.74 Å². The SMILES string of the molecule is CCOC(CN)CCN1CCCC(C(C)C)CC1. The number of ether oxygens (including phenoxy) is 1. The summed E-state index contributed by atoms with van der Waals surface area (Å²) in [5, 5.41) is 0. The molecule has 0 amide bonds. The maximum atomic E-state index is 5.72. The molecule has 0 spiro atoms. The highest BCUT2D eigenvalue weighted by molar-refractivity contribution is 4.73. The largest absolute Gasteiger partial charge is 0.377 e. The molecule has 0 aromatic heterocycles. The van der Waals surface area contributed by atoms with Crippen molar-refractivity contribution >= 4 is 0 Å². The molecular formula is C15H32N2O. The number of likely N-dealkylation sites (tertiary alicyclic amines) is 1. The van der Waals surface area contributed by atoms with Crippen LogP contribution in [0.5, 0.6) is 0 Å². The average molecular weight is 256 g/mol. The molecule has 1 heterocycles. The molecule has 0 bridgehead atoms. The van der Waals surface area contributed by atoms with Gasteiger partial charge < -0.3 is 15.4 Å². The molecule has 1 fully saturated rings. The van der Waals surface area contributed by atoms with Crippen LogP contribution in [0.4, 0.5) is 0 Å². The van der Waals surface area contributed by atoms with Crippen LogP contribution in [-0.2, 0) is 4.74 Å². The summed E-state index contributed by atoms with van der Waals surface area (Å²) in [6, 6.07) is 0. The van der Waals surface area contributed by atoms with Crippen LogP contribution in [0, 0.1) is 11.8 Å². The molecule has 0 aliphatic carbocycles. The lowest BCUT2D eigenvalue weighted by atomic mass is 9.89. The summed E-state index contributed by atoms with van der Waals surface area (Å²) in [6.45, 7) is 11.8. The molecule has 1 rings (SSSR count). The second-order valence-corrected chi connectivity index (χ2v) is 5.88. The van der Waals surface area contributed by atoms with Gasteiger partial charge in [0.1, 0.15) is 0 Å². The van der Waals surface area contributed by atoms with Crippen LogP contribution in [0.25, 0.3) is 0 Å². The molecule has 108 valence electrons. The molecule has 1 aliphatic heterocycles. The third-order valence-electron chi connectivity index (χ3n) is 4.24. The zero-order valence-electron chi connectivity index (χ0n) is 12.5. The van der Waals surface area contributed by atoms with Crippen molar-refractivity contribution in [2.45, 2.75) is 52.6 Å². The summed E-state index contributed by atoms with van der Waals surface area (Å²) >= 11 is 0. The van der Waals surface area contributed by atoms with Crippen molar-refractivity contribution in [1.29, 1.82) is 0 Å². The molecule has 1 aliphatic rings. The molecular weight excluding hydrogens is 224 g/mol. The summed E-state index contributed by atoms with van der Waals surface area (Å²) in [5.74, 6) is 1.76. The monoisotopic (exact) mass is 256 g/mol. The average Bonchev–Trinajstić information content (AvgIpc) is 2.60. The normalized spacial score (nSPS) is 24.2. The first-order valence-electron chi connectivity index (χ1n) is 7.71. The quantitative estimate of drug-likeness (QED) is 0.760. The minimum Gasteiger partial charge on any atom is -0.377 e. The fourth-order valence-corrected chi connectivity index (χ4v) is 2.90. The minimum atomic E-state index is 0.249. The lowest BCUT2D eigenvalue weighted by Gasteiger charge is -2.23. The maximum Gasteiger partial charge on any atom is 0.0709 e. The Morgan fingerprint density at radius 2 is 2.06 bits per heavy atom. The van der Waals surface area contributed by atoms with Crippen LogP contribution in [0.15, 0.2) is 0 Å². The number of rotatable bonds is 7. The zero-order chi connectivity index (χ0) is 13.4. The fraction of sp³-hybridized carbons (Fsp3) is 1.00. The first-order valence-corrected chi connectivity index (χ1v) is 7.71. The minimum absolute atomic E-state index is 0.249. The number of nitrogens with zero attached hydrogens (tertiary/aromatic N) is 1.